The topological polar surface area (TPSA) is 84.5 Å². The number of hydrogen-bond donors (Lipinski definition) is 2. The van der Waals surface area contributed by atoms with Gasteiger partial charge in [-0.25, -0.2) is 17.5 Å². The van der Waals surface area contributed by atoms with Crippen LogP contribution in [-0.4, -0.2) is 27.2 Å². The zero-order valence-electron chi connectivity index (χ0n) is 14.5. The van der Waals surface area contributed by atoms with Crippen molar-refractivity contribution in [3.05, 3.63) is 59.9 Å². The van der Waals surface area contributed by atoms with E-state index in [0.29, 0.717) is 23.6 Å². The molecule has 1 amide bonds. The van der Waals surface area contributed by atoms with Crippen LogP contribution in [0.1, 0.15) is 24.9 Å². The first-order chi connectivity index (χ1) is 12.3. The summed E-state index contributed by atoms with van der Waals surface area (Å²) < 4.78 is 44.0. The summed E-state index contributed by atoms with van der Waals surface area (Å²) in [5.41, 5.74) is 1.06. The van der Waals surface area contributed by atoms with E-state index in [0.717, 1.165) is 6.26 Å². The van der Waals surface area contributed by atoms with Crippen LogP contribution < -0.4 is 14.8 Å². The molecule has 2 rings (SSSR count). The van der Waals surface area contributed by atoms with Gasteiger partial charge in [-0.15, -0.1) is 0 Å². The van der Waals surface area contributed by atoms with Crippen molar-refractivity contribution in [2.24, 2.45) is 0 Å². The second-order valence-corrected chi connectivity index (χ2v) is 7.48. The number of amides is 1. The van der Waals surface area contributed by atoms with Crippen LogP contribution in [0.25, 0.3) is 0 Å². The van der Waals surface area contributed by atoms with Gasteiger partial charge in [-0.1, -0.05) is 12.1 Å². The van der Waals surface area contributed by atoms with Gasteiger partial charge in [0.25, 0.3) is 0 Å². The third-order valence-electron chi connectivity index (χ3n) is 3.47. The van der Waals surface area contributed by atoms with Crippen LogP contribution in [0.2, 0.25) is 0 Å². The van der Waals surface area contributed by atoms with E-state index in [1.54, 1.807) is 24.3 Å². The van der Waals surface area contributed by atoms with Crippen molar-refractivity contribution in [3.63, 3.8) is 0 Å². The molecule has 0 saturated heterocycles. The Labute approximate surface area is 152 Å². The van der Waals surface area contributed by atoms with Gasteiger partial charge in [0.2, 0.25) is 15.9 Å². The molecule has 140 valence electrons. The van der Waals surface area contributed by atoms with Crippen molar-refractivity contribution in [1.29, 1.82) is 0 Å². The monoisotopic (exact) mass is 380 g/mol. The number of rotatable bonds is 8. The molecule has 1 atom stereocenters. The molecule has 0 fully saturated rings. The first-order valence-corrected chi connectivity index (χ1v) is 9.91. The number of benzene rings is 2. The molecule has 0 saturated carbocycles. The highest BCUT2D eigenvalue weighted by molar-refractivity contribution is 7.88. The highest BCUT2D eigenvalue weighted by atomic mass is 32.2. The molecule has 0 aromatic heterocycles. The number of halogens is 1. The minimum atomic E-state index is -3.55. The average Bonchev–Trinajstić information content (AvgIpc) is 2.56. The summed E-state index contributed by atoms with van der Waals surface area (Å²) >= 11 is 0. The van der Waals surface area contributed by atoms with Crippen LogP contribution in [0.5, 0.6) is 5.75 Å². The van der Waals surface area contributed by atoms with Crippen LogP contribution in [0.3, 0.4) is 0 Å². The van der Waals surface area contributed by atoms with E-state index in [1.165, 1.54) is 24.3 Å². The van der Waals surface area contributed by atoms with E-state index < -0.39 is 21.9 Å². The summed E-state index contributed by atoms with van der Waals surface area (Å²) in [6.07, 6.45) is 0.875. The summed E-state index contributed by atoms with van der Waals surface area (Å²) in [6, 6.07) is 11.4. The predicted molar refractivity (Wildman–Crippen MR) is 98.0 cm³/mol. The number of nitrogens with one attached hydrogen (secondary N) is 2. The summed E-state index contributed by atoms with van der Waals surface area (Å²) in [6.45, 7) is 2.42. The minimum absolute atomic E-state index is 0.133. The predicted octanol–water partition coefficient (Wildman–Crippen LogP) is 2.84. The zero-order valence-corrected chi connectivity index (χ0v) is 15.3. The standard InChI is InChI=1S/C18H21FN2O4S/c1-3-25-16-10-8-15(9-11-16)20-18(22)12-17(21-26(2,23)24)13-4-6-14(19)7-5-13/h4-11,17,21H,3,12H2,1-2H3,(H,20,22)/t17-/m1/s1. The van der Waals surface area contributed by atoms with Crippen molar-refractivity contribution in [3.8, 4) is 5.75 Å². The fraction of sp³-hybridized carbons (Fsp3) is 0.278. The maximum Gasteiger partial charge on any atom is 0.226 e. The summed E-state index contributed by atoms with van der Waals surface area (Å²) in [7, 11) is -3.55. The Kier molecular flexibility index (Phi) is 6.70. The van der Waals surface area contributed by atoms with Gasteiger partial charge in [-0.2, -0.15) is 0 Å². The smallest absolute Gasteiger partial charge is 0.226 e. The molecule has 0 aliphatic rings. The van der Waals surface area contributed by atoms with Gasteiger partial charge in [0, 0.05) is 12.1 Å². The molecule has 8 heteroatoms. The Morgan fingerprint density at radius 3 is 2.27 bits per heavy atom. The maximum atomic E-state index is 13.1. The van der Waals surface area contributed by atoms with Crippen LogP contribution in [0.15, 0.2) is 48.5 Å². The van der Waals surface area contributed by atoms with Crippen LogP contribution in [0, 0.1) is 5.82 Å². The quantitative estimate of drug-likeness (QED) is 0.738. The van der Waals surface area contributed by atoms with Gasteiger partial charge < -0.3 is 10.1 Å². The Hall–Kier alpha value is -2.45. The molecule has 6 nitrogen and oxygen atoms in total. The Bertz CT molecular complexity index is 836. The Morgan fingerprint density at radius 1 is 1.12 bits per heavy atom. The van der Waals surface area contributed by atoms with Gasteiger partial charge in [0.1, 0.15) is 11.6 Å². The lowest BCUT2D eigenvalue weighted by Crippen LogP contribution is -2.30. The summed E-state index contributed by atoms with van der Waals surface area (Å²) in [4.78, 5) is 12.3. The molecule has 2 aromatic carbocycles. The van der Waals surface area contributed by atoms with Crippen LogP contribution in [-0.2, 0) is 14.8 Å². The zero-order chi connectivity index (χ0) is 19.2. The normalized spacial score (nSPS) is 12.4. The molecule has 0 aliphatic carbocycles. The highest BCUT2D eigenvalue weighted by Crippen LogP contribution is 2.20. The number of carbonyl (C=O) groups is 1. The number of carbonyl (C=O) groups excluding carboxylic acids is 1. The SMILES string of the molecule is CCOc1ccc(NC(=O)C[C@@H](NS(C)(=O)=O)c2ccc(F)cc2)cc1. The Morgan fingerprint density at radius 2 is 1.73 bits per heavy atom. The second-order valence-electron chi connectivity index (χ2n) is 5.70. The molecule has 2 N–H and O–H groups in total. The lowest BCUT2D eigenvalue weighted by molar-refractivity contribution is -0.116. The van der Waals surface area contributed by atoms with Gasteiger partial charge in [-0.3, -0.25) is 4.79 Å². The molecule has 0 unspecified atom stereocenters. The molecule has 0 spiro atoms. The van der Waals surface area contributed by atoms with E-state index in [-0.39, 0.29) is 12.3 Å². The van der Waals surface area contributed by atoms with Crippen molar-refractivity contribution >= 4 is 21.6 Å². The van der Waals surface area contributed by atoms with E-state index in [2.05, 4.69) is 10.0 Å². The first kappa shape index (κ1) is 19.9. The fourth-order valence-corrected chi connectivity index (χ4v) is 3.12. The van der Waals surface area contributed by atoms with Gasteiger partial charge in [-0.05, 0) is 48.9 Å². The highest BCUT2D eigenvalue weighted by Gasteiger charge is 2.20. The molecule has 2 aromatic rings. The third-order valence-corrected chi connectivity index (χ3v) is 4.18. The Balaban J connectivity index is 2.08. The van der Waals surface area contributed by atoms with Crippen LogP contribution in [0.4, 0.5) is 10.1 Å². The van der Waals surface area contributed by atoms with Crippen LogP contribution >= 0.6 is 0 Å². The maximum absolute atomic E-state index is 13.1. The lowest BCUT2D eigenvalue weighted by Gasteiger charge is -2.18. The third kappa shape index (κ3) is 6.45. The van der Waals surface area contributed by atoms with Gasteiger partial charge >= 0.3 is 0 Å². The molecular weight excluding hydrogens is 359 g/mol. The minimum Gasteiger partial charge on any atom is -0.494 e. The van der Waals surface area contributed by atoms with E-state index in [4.69, 9.17) is 4.74 Å². The first-order valence-electron chi connectivity index (χ1n) is 8.02. The summed E-state index contributed by atoms with van der Waals surface area (Å²) in [5.74, 6) is -0.126. The van der Waals surface area contributed by atoms with Gasteiger partial charge in [0.15, 0.2) is 0 Å². The number of ether oxygens (including phenoxy) is 1. The van der Waals surface area contributed by atoms with E-state index in [9.17, 15) is 17.6 Å². The molecule has 0 heterocycles. The molecule has 0 bridgehead atoms. The molecule has 0 radical (unpaired) electrons. The number of hydrogen-bond acceptors (Lipinski definition) is 4. The molecule has 26 heavy (non-hydrogen) atoms. The largest absolute Gasteiger partial charge is 0.494 e. The van der Waals surface area contributed by atoms with E-state index in [1.807, 2.05) is 6.92 Å². The summed E-state index contributed by atoms with van der Waals surface area (Å²) in [5, 5.41) is 2.71. The lowest BCUT2D eigenvalue weighted by atomic mass is 10.0. The molecule has 0 aliphatic heterocycles. The van der Waals surface area contributed by atoms with E-state index >= 15 is 0 Å². The van der Waals surface area contributed by atoms with Gasteiger partial charge in [0.05, 0.1) is 18.9 Å². The van der Waals surface area contributed by atoms with Crippen molar-refractivity contribution in [2.75, 3.05) is 18.2 Å². The fourth-order valence-electron chi connectivity index (χ4n) is 2.38. The number of anilines is 1. The van der Waals surface area contributed by atoms with Crippen molar-refractivity contribution in [1.82, 2.24) is 4.72 Å². The average molecular weight is 380 g/mol. The number of sulfonamides is 1. The van der Waals surface area contributed by atoms with Crippen molar-refractivity contribution in [2.45, 2.75) is 19.4 Å². The van der Waals surface area contributed by atoms with Crippen molar-refractivity contribution < 1.29 is 22.3 Å². The molecular formula is C18H21FN2O4S. The second kappa shape index (κ2) is 8.77.